The molecule has 1 aliphatic heterocycles. The fourth-order valence-corrected chi connectivity index (χ4v) is 4.04. The van der Waals surface area contributed by atoms with Gasteiger partial charge in [0.2, 0.25) is 11.8 Å². The number of carbonyl (C=O) groups excluding carboxylic acids is 3. The van der Waals surface area contributed by atoms with E-state index in [9.17, 15) is 19.2 Å². The molecule has 10 nitrogen and oxygen atoms in total. The Labute approximate surface area is 204 Å². The Hall–Kier alpha value is -3.40. The zero-order valence-corrected chi connectivity index (χ0v) is 20.3. The molecular formula is C25H33N3O7. The predicted molar refractivity (Wildman–Crippen MR) is 127 cm³/mol. The maximum Gasteiger partial charge on any atom is 0.405 e. The molecule has 0 radical (unpaired) electrons. The van der Waals surface area contributed by atoms with Gasteiger partial charge in [-0.15, -0.1) is 0 Å². The summed E-state index contributed by atoms with van der Waals surface area (Å²) in [6.45, 7) is 3.39. The largest absolute Gasteiger partial charge is 0.497 e. The van der Waals surface area contributed by atoms with Crippen molar-refractivity contribution in [2.45, 2.75) is 69.7 Å². The van der Waals surface area contributed by atoms with Crippen LogP contribution in [0.5, 0.6) is 5.75 Å². The first-order valence-electron chi connectivity index (χ1n) is 11.7. The number of benzene rings is 1. The van der Waals surface area contributed by atoms with Gasteiger partial charge in [0.05, 0.1) is 19.8 Å². The van der Waals surface area contributed by atoms with E-state index < -0.39 is 41.6 Å². The number of nitrogens with one attached hydrogen (secondary N) is 3. The highest BCUT2D eigenvalue weighted by atomic mass is 16.6. The Morgan fingerprint density at radius 1 is 1.06 bits per heavy atom. The van der Waals surface area contributed by atoms with Crippen LogP contribution in [0.15, 0.2) is 35.9 Å². The monoisotopic (exact) mass is 487 g/mol. The molecule has 35 heavy (non-hydrogen) atoms. The Morgan fingerprint density at radius 2 is 1.71 bits per heavy atom. The number of ketones is 1. The van der Waals surface area contributed by atoms with Crippen molar-refractivity contribution >= 4 is 23.7 Å². The van der Waals surface area contributed by atoms with E-state index in [1.165, 1.54) is 6.92 Å². The van der Waals surface area contributed by atoms with Crippen LogP contribution in [0.2, 0.25) is 0 Å². The number of methoxy groups -OCH3 is 1. The number of rotatable bonds is 12. The van der Waals surface area contributed by atoms with E-state index >= 15 is 0 Å². The minimum Gasteiger partial charge on any atom is -0.497 e. The number of carbonyl (C=O) groups is 4. The molecule has 3 amide bonds. The lowest BCUT2D eigenvalue weighted by Gasteiger charge is -2.25. The second-order valence-corrected chi connectivity index (χ2v) is 9.19. The fourth-order valence-electron chi connectivity index (χ4n) is 4.04. The van der Waals surface area contributed by atoms with Gasteiger partial charge in [0.15, 0.2) is 5.78 Å². The Bertz CT molecular complexity index is 985. The number of hydrogen-bond donors (Lipinski definition) is 4. The number of amides is 3. The summed E-state index contributed by atoms with van der Waals surface area (Å²) in [5.41, 5.74) is 0.957. The average Bonchev–Trinajstić information content (AvgIpc) is 3.36. The molecule has 1 heterocycles. The van der Waals surface area contributed by atoms with E-state index in [-0.39, 0.29) is 12.2 Å². The van der Waals surface area contributed by atoms with Gasteiger partial charge in [-0.3, -0.25) is 14.4 Å². The molecule has 0 bridgehead atoms. The lowest BCUT2D eigenvalue weighted by molar-refractivity contribution is -0.133. The lowest BCUT2D eigenvalue weighted by Crippen LogP contribution is -2.56. The molecule has 0 spiro atoms. The minimum absolute atomic E-state index is 0.138. The molecule has 0 unspecified atom stereocenters. The Kier molecular flexibility index (Phi) is 8.50. The molecule has 1 aliphatic carbocycles. The van der Waals surface area contributed by atoms with Crippen LogP contribution in [-0.4, -0.2) is 66.2 Å². The number of hydrogen-bond acceptors (Lipinski definition) is 6. The average molecular weight is 488 g/mol. The molecule has 2 aliphatic rings. The summed E-state index contributed by atoms with van der Waals surface area (Å²) in [5, 5.41) is 16.5. The molecule has 0 saturated carbocycles. The van der Waals surface area contributed by atoms with Crippen molar-refractivity contribution in [3.63, 3.8) is 0 Å². The van der Waals surface area contributed by atoms with E-state index in [1.54, 1.807) is 38.3 Å². The number of allylic oxidation sites excluding steroid dienone is 1. The maximum absolute atomic E-state index is 13.4. The molecular weight excluding hydrogens is 454 g/mol. The number of ether oxygens (including phenoxy) is 2. The van der Waals surface area contributed by atoms with Crippen LogP contribution >= 0.6 is 0 Å². The van der Waals surface area contributed by atoms with Crippen LogP contribution in [0.3, 0.4) is 0 Å². The molecule has 1 aromatic carbocycles. The Morgan fingerprint density at radius 3 is 2.26 bits per heavy atom. The second-order valence-electron chi connectivity index (χ2n) is 9.19. The summed E-state index contributed by atoms with van der Waals surface area (Å²) in [4.78, 5) is 50.0. The normalized spacial score (nSPS) is 21.2. The second kappa shape index (κ2) is 11.4. The van der Waals surface area contributed by atoms with Crippen LogP contribution in [0.25, 0.3) is 0 Å². The fraction of sp³-hybridized carbons (Fsp3) is 0.520. The van der Waals surface area contributed by atoms with Crippen LogP contribution in [0.1, 0.15) is 45.1 Å². The topological polar surface area (TPSA) is 146 Å². The first kappa shape index (κ1) is 26.2. The molecule has 3 rings (SSSR count). The molecule has 1 fully saturated rings. The summed E-state index contributed by atoms with van der Waals surface area (Å²) in [5.74, 6) is -0.738. The summed E-state index contributed by atoms with van der Waals surface area (Å²) in [7, 11) is 1.54. The van der Waals surface area contributed by atoms with Crippen molar-refractivity contribution in [1.82, 2.24) is 16.0 Å². The summed E-state index contributed by atoms with van der Waals surface area (Å²) in [6.07, 6.45) is 4.12. The van der Waals surface area contributed by atoms with Crippen molar-refractivity contribution in [1.29, 1.82) is 0 Å². The van der Waals surface area contributed by atoms with Crippen molar-refractivity contribution < 1.29 is 33.8 Å². The van der Waals surface area contributed by atoms with Gasteiger partial charge in [-0.1, -0.05) is 23.8 Å². The van der Waals surface area contributed by atoms with Crippen LogP contribution in [0.4, 0.5) is 4.79 Å². The van der Waals surface area contributed by atoms with E-state index in [0.717, 1.165) is 30.4 Å². The number of epoxide rings is 1. The van der Waals surface area contributed by atoms with Gasteiger partial charge < -0.3 is 30.5 Å². The van der Waals surface area contributed by atoms with Gasteiger partial charge in [-0.25, -0.2) is 4.79 Å². The van der Waals surface area contributed by atoms with Crippen molar-refractivity contribution in [2.24, 2.45) is 0 Å². The van der Waals surface area contributed by atoms with Gasteiger partial charge in [0.25, 0.3) is 0 Å². The SMILES string of the molecule is COc1ccc(C[C@H](NC(=O)[C@H](C)NC(=O)O)C(=O)N[C@@H](CC2=CCCC2)C(=O)[C@]2(C)CO2)cc1. The van der Waals surface area contributed by atoms with Crippen molar-refractivity contribution in [2.75, 3.05) is 13.7 Å². The van der Waals surface area contributed by atoms with Gasteiger partial charge in [-0.2, -0.15) is 0 Å². The summed E-state index contributed by atoms with van der Waals surface area (Å²) in [6, 6.07) is 4.14. The molecule has 10 heteroatoms. The smallest absolute Gasteiger partial charge is 0.405 e. The van der Waals surface area contributed by atoms with Crippen molar-refractivity contribution in [3.8, 4) is 5.75 Å². The van der Waals surface area contributed by atoms with E-state index in [1.807, 2.05) is 0 Å². The third-order valence-corrected chi connectivity index (χ3v) is 6.30. The maximum atomic E-state index is 13.4. The molecule has 1 aromatic rings. The Balaban J connectivity index is 1.78. The predicted octanol–water partition coefficient (Wildman–Crippen LogP) is 1.72. The minimum atomic E-state index is -1.35. The third-order valence-electron chi connectivity index (χ3n) is 6.30. The molecule has 4 N–H and O–H groups in total. The highest BCUT2D eigenvalue weighted by Crippen LogP contribution is 2.31. The summed E-state index contributed by atoms with van der Waals surface area (Å²) < 4.78 is 10.5. The number of carboxylic acid groups (broad SMARTS) is 1. The van der Waals surface area contributed by atoms with E-state index in [4.69, 9.17) is 14.6 Å². The van der Waals surface area contributed by atoms with E-state index in [0.29, 0.717) is 18.8 Å². The molecule has 1 saturated heterocycles. The third kappa shape index (κ3) is 7.29. The highest BCUT2D eigenvalue weighted by Gasteiger charge is 2.50. The summed E-state index contributed by atoms with van der Waals surface area (Å²) >= 11 is 0. The molecule has 4 atom stereocenters. The highest BCUT2D eigenvalue weighted by molar-refractivity contribution is 5.98. The number of Topliss-reactive ketones (excluding diaryl/α,β-unsaturated/α-hetero) is 1. The van der Waals surface area contributed by atoms with Crippen LogP contribution in [0, 0.1) is 0 Å². The zero-order valence-electron chi connectivity index (χ0n) is 20.3. The molecule has 0 aromatic heterocycles. The van der Waals surface area contributed by atoms with Gasteiger partial charge in [-0.05, 0) is 57.2 Å². The van der Waals surface area contributed by atoms with E-state index in [2.05, 4.69) is 22.0 Å². The van der Waals surface area contributed by atoms with Gasteiger partial charge >= 0.3 is 6.09 Å². The lowest BCUT2D eigenvalue weighted by atomic mass is 9.94. The van der Waals surface area contributed by atoms with Gasteiger partial charge in [0, 0.05) is 6.42 Å². The quantitative estimate of drug-likeness (QED) is 0.259. The zero-order chi connectivity index (χ0) is 25.6. The molecule has 190 valence electrons. The van der Waals surface area contributed by atoms with Gasteiger partial charge in [0.1, 0.15) is 23.4 Å². The first-order valence-corrected chi connectivity index (χ1v) is 11.7. The van der Waals surface area contributed by atoms with Crippen LogP contribution in [-0.2, 0) is 25.5 Å². The van der Waals surface area contributed by atoms with Crippen LogP contribution < -0.4 is 20.7 Å². The van der Waals surface area contributed by atoms with Crippen molar-refractivity contribution in [3.05, 3.63) is 41.5 Å². The standard InChI is InChI=1S/C25H33N3O7/c1-15(26-24(32)33)22(30)28-20(13-17-8-10-18(34-3)11-9-17)23(31)27-19(12-16-6-4-5-7-16)21(29)25(2)14-35-25/h6,8-11,15,19-20,26H,4-5,7,12-14H2,1-3H3,(H,27,31)(H,28,30)(H,32,33)/t15-,19-,20-,25-/m0/s1. The first-order chi connectivity index (χ1) is 16.6.